The second-order valence-electron chi connectivity index (χ2n) is 7.23. The average molecular weight is 513 g/mol. The van der Waals surface area contributed by atoms with Crippen LogP contribution in [-0.2, 0) is 25.5 Å². The Morgan fingerprint density at radius 3 is 2.50 bits per heavy atom. The van der Waals surface area contributed by atoms with Crippen LogP contribution in [0.1, 0.15) is 25.0 Å². The summed E-state index contributed by atoms with van der Waals surface area (Å²) in [6.07, 6.45) is 1.89. The van der Waals surface area contributed by atoms with Gasteiger partial charge in [-0.05, 0) is 33.5 Å². The predicted molar refractivity (Wildman–Crippen MR) is 104 cm³/mol. The first-order chi connectivity index (χ1) is 12.2. The topological polar surface area (TPSA) is 12.9 Å². The molecule has 5 rings (SSSR count). The molecule has 129 valence electrons. The minimum absolute atomic E-state index is 0. The molecular formula is C24H18IrN-. The largest absolute Gasteiger partial charge is 0.304 e. The molecule has 1 nitrogen and oxygen atoms in total. The van der Waals surface area contributed by atoms with E-state index in [4.69, 9.17) is 0 Å². The van der Waals surface area contributed by atoms with Gasteiger partial charge < -0.3 is 4.98 Å². The Balaban J connectivity index is 0.00000168. The zero-order valence-corrected chi connectivity index (χ0v) is 17.1. The van der Waals surface area contributed by atoms with Gasteiger partial charge in [-0.25, -0.2) is 0 Å². The van der Waals surface area contributed by atoms with Crippen molar-refractivity contribution >= 4 is 10.8 Å². The van der Waals surface area contributed by atoms with E-state index in [1.807, 2.05) is 6.20 Å². The van der Waals surface area contributed by atoms with Crippen molar-refractivity contribution in [2.75, 3.05) is 0 Å². The molecule has 26 heavy (non-hydrogen) atoms. The zero-order chi connectivity index (χ0) is 17.0. The van der Waals surface area contributed by atoms with Crippen LogP contribution in [0.4, 0.5) is 0 Å². The van der Waals surface area contributed by atoms with Crippen LogP contribution in [0.25, 0.3) is 33.2 Å². The van der Waals surface area contributed by atoms with Gasteiger partial charge in [-0.1, -0.05) is 73.5 Å². The first-order valence-electron chi connectivity index (χ1n) is 8.66. The van der Waals surface area contributed by atoms with Gasteiger partial charge in [0, 0.05) is 26.3 Å². The van der Waals surface area contributed by atoms with E-state index in [9.17, 15) is 0 Å². The summed E-state index contributed by atoms with van der Waals surface area (Å²) in [4.78, 5) is 4.67. The van der Waals surface area contributed by atoms with Crippen molar-refractivity contribution in [1.29, 1.82) is 0 Å². The molecule has 0 amide bonds. The van der Waals surface area contributed by atoms with Gasteiger partial charge in [-0.3, -0.25) is 0 Å². The van der Waals surface area contributed by atoms with Gasteiger partial charge in [-0.2, -0.15) is 0 Å². The molecular weight excluding hydrogens is 494 g/mol. The number of pyridine rings is 1. The summed E-state index contributed by atoms with van der Waals surface area (Å²) < 4.78 is 0. The molecule has 0 aliphatic heterocycles. The van der Waals surface area contributed by atoms with Gasteiger partial charge in [0.1, 0.15) is 0 Å². The molecule has 0 bridgehead atoms. The van der Waals surface area contributed by atoms with Gasteiger partial charge in [-0.15, -0.1) is 29.3 Å². The van der Waals surface area contributed by atoms with Crippen molar-refractivity contribution < 1.29 is 20.1 Å². The number of aromatic nitrogens is 1. The van der Waals surface area contributed by atoms with E-state index >= 15 is 0 Å². The average Bonchev–Trinajstić information content (AvgIpc) is 2.89. The van der Waals surface area contributed by atoms with Gasteiger partial charge in [0.2, 0.25) is 0 Å². The number of hydrogen-bond acceptors (Lipinski definition) is 1. The van der Waals surface area contributed by atoms with Crippen LogP contribution in [0, 0.1) is 6.07 Å². The van der Waals surface area contributed by atoms with E-state index in [0.717, 1.165) is 11.3 Å². The second kappa shape index (κ2) is 6.16. The van der Waals surface area contributed by atoms with Crippen molar-refractivity contribution in [3.63, 3.8) is 0 Å². The predicted octanol–water partition coefficient (Wildman–Crippen LogP) is 6.01. The fourth-order valence-electron chi connectivity index (χ4n) is 4.11. The Morgan fingerprint density at radius 2 is 1.62 bits per heavy atom. The van der Waals surface area contributed by atoms with Crippen LogP contribution in [0.3, 0.4) is 0 Å². The molecule has 1 radical (unpaired) electrons. The molecule has 0 unspecified atom stereocenters. The van der Waals surface area contributed by atoms with Crippen molar-refractivity contribution in [3.8, 4) is 22.4 Å². The van der Waals surface area contributed by atoms with Crippen LogP contribution >= 0.6 is 0 Å². The van der Waals surface area contributed by atoms with Crippen molar-refractivity contribution in [3.05, 3.63) is 90.1 Å². The Hall–Kier alpha value is -2.28. The van der Waals surface area contributed by atoms with E-state index in [0.29, 0.717) is 0 Å². The van der Waals surface area contributed by atoms with E-state index in [-0.39, 0.29) is 25.5 Å². The van der Waals surface area contributed by atoms with E-state index in [1.165, 1.54) is 33.0 Å². The number of fused-ring (bicyclic) bond motifs is 4. The van der Waals surface area contributed by atoms with E-state index in [1.54, 1.807) is 0 Å². The summed E-state index contributed by atoms with van der Waals surface area (Å²) in [6.45, 7) is 4.61. The first kappa shape index (κ1) is 17.1. The minimum Gasteiger partial charge on any atom is -0.304 e. The third-order valence-electron chi connectivity index (χ3n) is 5.44. The third kappa shape index (κ3) is 2.37. The molecule has 1 aliphatic rings. The van der Waals surface area contributed by atoms with Crippen LogP contribution < -0.4 is 0 Å². The maximum absolute atomic E-state index is 4.67. The van der Waals surface area contributed by atoms with Gasteiger partial charge >= 0.3 is 0 Å². The SMILES string of the molecule is CC1(C)c2ccccc2-c2c[c-]c(-c3nccc4ccccc34)cc21.[Ir]. The molecule has 1 aromatic heterocycles. The molecule has 0 saturated carbocycles. The number of hydrogen-bond donors (Lipinski definition) is 0. The van der Waals surface area contributed by atoms with Crippen LogP contribution in [0.15, 0.2) is 72.9 Å². The first-order valence-corrected chi connectivity index (χ1v) is 8.66. The summed E-state index contributed by atoms with van der Waals surface area (Å²) in [7, 11) is 0. The molecule has 1 aliphatic carbocycles. The maximum Gasteiger partial charge on any atom is 0.0167 e. The Labute approximate surface area is 167 Å². The zero-order valence-electron chi connectivity index (χ0n) is 14.7. The molecule has 1 heterocycles. The molecule has 0 saturated heterocycles. The molecule has 4 aromatic rings. The van der Waals surface area contributed by atoms with Crippen LogP contribution in [0.5, 0.6) is 0 Å². The molecule has 0 spiro atoms. The quantitative estimate of drug-likeness (QED) is 0.285. The smallest absolute Gasteiger partial charge is 0.0167 e. The van der Waals surface area contributed by atoms with Gasteiger partial charge in [0.05, 0.1) is 0 Å². The van der Waals surface area contributed by atoms with Crippen molar-refractivity contribution in [1.82, 2.24) is 4.98 Å². The van der Waals surface area contributed by atoms with Gasteiger partial charge in [0.25, 0.3) is 0 Å². The van der Waals surface area contributed by atoms with Crippen LogP contribution in [0.2, 0.25) is 0 Å². The van der Waals surface area contributed by atoms with E-state index < -0.39 is 0 Å². The summed E-state index contributed by atoms with van der Waals surface area (Å²) in [5.74, 6) is 0. The Morgan fingerprint density at radius 1 is 0.846 bits per heavy atom. The summed E-state index contributed by atoms with van der Waals surface area (Å²) in [5, 5.41) is 2.39. The van der Waals surface area contributed by atoms with Crippen molar-refractivity contribution in [2.45, 2.75) is 19.3 Å². The normalized spacial score (nSPS) is 13.8. The fraction of sp³-hybridized carbons (Fsp3) is 0.125. The van der Waals surface area contributed by atoms with Crippen LogP contribution in [-0.4, -0.2) is 4.98 Å². The maximum atomic E-state index is 4.67. The molecule has 3 aromatic carbocycles. The molecule has 0 fully saturated rings. The number of nitrogens with zero attached hydrogens (tertiary/aromatic N) is 1. The number of benzene rings is 3. The Bertz CT molecular complexity index is 1120. The second-order valence-corrected chi connectivity index (χ2v) is 7.23. The third-order valence-corrected chi connectivity index (χ3v) is 5.44. The summed E-state index contributed by atoms with van der Waals surface area (Å²) in [6, 6.07) is 27.1. The minimum atomic E-state index is 0. The summed E-state index contributed by atoms with van der Waals surface area (Å²) in [5.41, 5.74) is 7.45. The standard InChI is InChI=1S/C24H18N.Ir/c1-24(2)21-10-6-5-9-19(21)20-12-11-17(15-22(20)24)23-18-8-4-3-7-16(18)13-14-25-23;/h3-10,12-15H,1-2H3;/q-1;. The van der Waals surface area contributed by atoms with E-state index in [2.05, 4.69) is 91.6 Å². The van der Waals surface area contributed by atoms with Crippen molar-refractivity contribution in [2.24, 2.45) is 0 Å². The molecule has 2 heteroatoms. The molecule has 0 N–H and O–H groups in total. The monoisotopic (exact) mass is 513 g/mol. The van der Waals surface area contributed by atoms with Gasteiger partial charge in [0.15, 0.2) is 0 Å². The Kier molecular flexibility index (Phi) is 4.06. The summed E-state index contributed by atoms with van der Waals surface area (Å²) >= 11 is 0. The number of rotatable bonds is 1. The molecule has 0 atom stereocenters. The fourth-order valence-corrected chi connectivity index (χ4v) is 4.11.